The third-order valence-corrected chi connectivity index (χ3v) is 3.11. The normalized spacial score (nSPS) is 11.1. The Balaban J connectivity index is 2.39. The third kappa shape index (κ3) is 2.56. The lowest BCUT2D eigenvalue weighted by molar-refractivity contribution is 0.0592. The van der Waals surface area contributed by atoms with Gasteiger partial charge in [0.15, 0.2) is 5.69 Å². The van der Waals surface area contributed by atoms with Crippen molar-refractivity contribution in [3.63, 3.8) is 0 Å². The van der Waals surface area contributed by atoms with Crippen LogP contribution in [-0.2, 0) is 18.3 Å². The van der Waals surface area contributed by atoms with Crippen LogP contribution in [0.5, 0.6) is 0 Å². The van der Waals surface area contributed by atoms with E-state index in [2.05, 4.69) is 15.4 Å². The van der Waals surface area contributed by atoms with Crippen LogP contribution in [0.4, 0.5) is 0 Å². The fourth-order valence-corrected chi connectivity index (χ4v) is 2.22. The first kappa shape index (κ1) is 14.2. The monoisotopic (exact) mass is 277 g/mol. The molecule has 0 spiro atoms. The first-order chi connectivity index (χ1) is 9.43. The maximum Gasteiger partial charge on any atom is 0.360 e. The van der Waals surface area contributed by atoms with Gasteiger partial charge < -0.3 is 4.74 Å². The van der Waals surface area contributed by atoms with Crippen molar-refractivity contribution < 1.29 is 9.53 Å². The van der Waals surface area contributed by atoms with Crippen molar-refractivity contribution in [1.82, 2.24) is 24.8 Å². The zero-order valence-corrected chi connectivity index (χ0v) is 12.4. The van der Waals surface area contributed by atoms with Gasteiger partial charge in [0.2, 0.25) is 0 Å². The molecule has 2 heterocycles. The highest BCUT2D eigenvalue weighted by Gasteiger charge is 2.23. The highest BCUT2D eigenvalue weighted by Crippen LogP contribution is 2.19. The SMILES string of the molecule is COC(=O)c1nnn(Cc2cc(C)nn2C)c1C(C)C. The molecule has 0 unspecified atom stereocenters. The lowest BCUT2D eigenvalue weighted by atomic mass is 10.1. The minimum absolute atomic E-state index is 0.119. The van der Waals surface area contributed by atoms with Crippen molar-refractivity contribution in [2.45, 2.75) is 33.2 Å². The Bertz CT molecular complexity index is 627. The summed E-state index contributed by atoms with van der Waals surface area (Å²) in [6.07, 6.45) is 0. The van der Waals surface area contributed by atoms with Gasteiger partial charge in [-0.15, -0.1) is 5.10 Å². The molecule has 0 aliphatic heterocycles. The summed E-state index contributed by atoms with van der Waals surface area (Å²) in [7, 11) is 3.23. The van der Waals surface area contributed by atoms with Gasteiger partial charge >= 0.3 is 5.97 Å². The van der Waals surface area contributed by atoms with Crippen LogP contribution in [0.1, 0.15) is 47.3 Å². The molecule has 0 radical (unpaired) electrons. The van der Waals surface area contributed by atoms with E-state index in [9.17, 15) is 4.79 Å². The number of hydrogen-bond acceptors (Lipinski definition) is 5. The molecule has 7 nitrogen and oxygen atoms in total. The van der Waals surface area contributed by atoms with Crippen LogP contribution in [0.15, 0.2) is 6.07 Å². The van der Waals surface area contributed by atoms with E-state index in [1.165, 1.54) is 7.11 Å². The molecule has 0 atom stereocenters. The Morgan fingerprint density at radius 3 is 2.65 bits per heavy atom. The predicted molar refractivity (Wildman–Crippen MR) is 72.5 cm³/mol. The molecule has 2 aromatic rings. The number of carbonyl (C=O) groups is 1. The van der Waals surface area contributed by atoms with Crippen molar-refractivity contribution in [1.29, 1.82) is 0 Å². The third-order valence-electron chi connectivity index (χ3n) is 3.11. The smallest absolute Gasteiger partial charge is 0.360 e. The lowest BCUT2D eigenvalue weighted by Gasteiger charge is -2.10. The van der Waals surface area contributed by atoms with Gasteiger partial charge in [0.25, 0.3) is 0 Å². The molecule has 0 N–H and O–H groups in total. The van der Waals surface area contributed by atoms with Crippen molar-refractivity contribution in [3.05, 3.63) is 28.8 Å². The molecule has 0 saturated heterocycles. The number of rotatable bonds is 4. The summed E-state index contributed by atoms with van der Waals surface area (Å²) >= 11 is 0. The zero-order chi connectivity index (χ0) is 14.9. The van der Waals surface area contributed by atoms with Crippen LogP contribution in [-0.4, -0.2) is 37.9 Å². The Morgan fingerprint density at radius 2 is 2.15 bits per heavy atom. The Labute approximate surface area is 117 Å². The molecule has 2 aromatic heterocycles. The van der Waals surface area contributed by atoms with E-state index in [-0.39, 0.29) is 11.6 Å². The average Bonchev–Trinajstić information content (AvgIpc) is 2.93. The molecule has 0 aromatic carbocycles. The highest BCUT2D eigenvalue weighted by molar-refractivity contribution is 5.88. The quantitative estimate of drug-likeness (QED) is 0.787. The number of nitrogens with zero attached hydrogens (tertiary/aromatic N) is 5. The minimum Gasteiger partial charge on any atom is -0.464 e. The summed E-state index contributed by atoms with van der Waals surface area (Å²) < 4.78 is 8.28. The summed E-state index contributed by atoms with van der Waals surface area (Å²) in [4.78, 5) is 11.7. The van der Waals surface area contributed by atoms with Crippen LogP contribution in [0.2, 0.25) is 0 Å². The van der Waals surface area contributed by atoms with Crippen LogP contribution in [0, 0.1) is 6.92 Å². The Morgan fingerprint density at radius 1 is 1.45 bits per heavy atom. The van der Waals surface area contributed by atoms with Gasteiger partial charge in [-0.05, 0) is 18.9 Å². The van der Waals surface area contributed by atoms with Gasteiger partial charge in [-0.3, -0.25) is 4.68 Å². The van der Waals surface area contributed by atoms with E-state index >= 15 is 0 Å². The van der Waals surface area contributed by atoms with Crippen LogP contribution in [0.3, 0.4) is 0 Å². The van der Waals surface area contributed by atoms with Gasteiger partial charge in [0.1, 0.15) is 0 Å². The molecule has 0 amide bonds. The number of aryl methyl sites for hydroxylation is 2. The van der Waals surface area contributed by atoms with Gasteiger partial charge in [-0.1, -0.05) is 19.1 Å². The summed E-state index contributed by atoms with van der Waals surface area (Å²) in [5.41, 5.74) is 3.00. The number of methoxy groups -OCH3 is 1. The van der Waals surface area contributed by atoms with Crippen LogP contribution in [0.25, 0.3) is 0 Å². The standard InChI is InChI=1S/C13H19N5O2/c1-8(2)12-11(13(19)20-5)14-16-18(12)7-10-6-9(3)15-17(10)4/h6,8H,7H2,1-5H3. The fourth-order valence-electron chi connectivity index (χ4n) is 2.22. The minimum atomic E-state index is -0.457. The molecule has 0 aliphatic rings. The van der Waals surface area contributed by atoms with Crippen molar-refractivity contribution in [2.24, 2.45) is 7.05 Å². The summed E-state index contributed by atoms with van der Waals surface area (Å²) in [5, 5.41) is 12.3. The number of esters is 1. The molecule has 0 saturated carbocycles. The van der Waals surface area contributed by atoms with Gasteiger partial charge in [-0.25, -0.2) is 9.48 Å². The van der Waals surface area contributed by atoms with E-state index in [1.807, 2.05) is 33.9 Å². The second-order valence-corrected chi connectivity index (χ2v) is 5.03. The van der Waals surface area contributed by atoms with E-state index < -0.39 is 5.97 Å². The summed E-state index contributed by atoms with van der Waals surface area (Å²) in [6.45, 7) is 6.45. The number of hydrogen-bond donors (Lipinski definition) is 0. The van der Waals surface area contributed by atoms with Crippen molar-refractivity contribution >= 4 is 5.97 Å². The fraction of sp³-hybridized carbons (Fsp3) is 0.538. The molecular weight excluding hydrogens is 258 g/mol. The van der Waals surface area contributed by atoms with E-state index in [0.29, 0.717) is 6.54 Å². The number of aromatic nitrogens is 5. The molecule has 108 valence electrons. The van der Waals surface area contributed by atoms with Gasteiger partial charge in [0.05, 0.1) is 30.7 Å². The second-order valence-electron chi connectivity index (χ2n) is 5.03. The van der Waals surface area contributed by atoms with Crippen molar-refractivity contribution in [2.75, 3.05) is 7.11 Å². The van der Waals surface area contributed by atoms with Crippen molar-refractivity contribution in [3.8, 4) is 0 Å². The topological polar surface area (TPSA) is 74.8 Å². The van der Waals surface area contributed by atoms with Gasteiger partial charge in [0, 0.05) is 7.05 Å². The second kappa shape index (κ2) is 5.44. The largest absolute Gasteiger partial charge is 0.464 e. The summed E-state index contributed by atoms with van der Waals surface area (Å²) in [6, 6.07) is 1.99. The highest BCUT2D eigenvalue weighted by atomic mass is 16.5. The number of ether oxygens (including phenoxy) is 1. The molecule has 7 heteroatoms. The number of carbonyl (C=O) groups excluding carboxylic acids is 1. The zero-order valence-electron chi connectivity index (χ0n) is 12.4. The van der Waals surface area contributed by atoms with E-state index in [4.69, 9.17) is 4.74 Å². The molecule has 20 heavy (non-hydrogen) atoms. The molecule has 0 bridgehead atoms. The molecular formula is C13H19N5O2. The summed E-state index contributed by atoms with van der Waals surface area (Å²) in [5.74, 6) is -0.338. The maximum absolute atomic E-state index is 11.7. The van der Waals surface area contributed by atoms with Crippen LogP contribution >= 0.6 is 0 Å². The van der Waals surface area contributed by atoms with E-state index in [1.54, 1.807) is 9.36 Å². The Hall–Kier alpha value is -2.18. The maximum atomic E-state index is 11.7. The molecule has 0 aliphatic carbocycles. The van der Waals surface area contributed by atoms with E-state index in [0.717, 1.165) is 17.1 Å². The van der Waals surface area contributed by atoms with Crippen LogP contribution < -0.4 is 0 Å². The first-order valence-electron chi connectivity index (χ1n) is 6.45. The Kier molecular flexibility index (Phi) is 3.87. The lowest BCUT2D eigenvalue weighted by Crippen LogP contribution is -2.13. The molecule has 0 fully saturated rings. The average molecular weight is 277 g/mol. The predicted octanol–water partition coefficient (Wildman–Crippen LogP) is 1.28. The first-order valence-corrected chi connectivity index (χ1v) is 6.45. The van der Waals surface area contributed by atoms with Gasteiger partial charge in [-0.2, -0.15) is 5.10 Å². The molecule has 2 rings (SSSR count).